The average Bonchev–Trinajstić information content (AvgIpc) is 2.85. The van der Waals surface area contributed by atoms with Crippen LogP contribution in [0.4, 0.5) is 0 Å². The van der Waals surface area contributed by atoms with Gasteiger partial charge in [-0.05, 0) is 48.9 Å². The summed E-state index contributed by atoms with van der Waals surface area (Å²) in [5, 5.41) is 11.6. The first-order valence-corrected chi connectivity index (χ1v) is 6.77. The molecule has 0 spiro atoms. The highest BCUT2D eigenvalue weighted by Gasteiger charge is 2.20. The van der Waals surface area contributed by atoms with E-state index in [1.165, 1.54) is 11.1 Å². The molecular weight excluding hydrogens is 242 g/mol. The highest BCUT2D eigenvalue weighted by Crippen LogP contribution is 2.22. The molecule has 0 bridgehead atoms. The van der Waals surface area contributed by atoms with Crippen LogP contribution in [0.2, 0.25) is 0 Å². The Bertz CT molecular complexity index is 496. The predicted octanol–water partition coefficient (Wildman–Crippen LogP) is 2.16. The molecule has 19 heavy (non-hydrogen) atoms. The summed E-state index contributed by atoms with van der Waals surface area (Å²) in [4.78, 5) is 23.1. The molecule has 1 unspecified atom stereocenters. The Morgan fingerprint density at radius 2 is 2.05 bits per heavy atom. The van der Waals surface area contributed by atoms with Gasteiger partial charge in [-0.3, -0.25) is 4.79 Å². The van der Waals surface area contributed by atoms with Gasteiger partial charge in [-0.25, -0.2) is 4.79 Å². The van der Waals surface area contributed by atoms with Crippen LogP contribution in [0, 0.1) is 0 Å². The first-order valence-electron chi connectivity index (χ1n) is 6.77. The number of carboxylic acid groups (broad SMARTS) is 1. The van der Waals surface area contributed by atoms with Crippen LogP contribution in [0.5, 0.6) is 0 Å². The second-order valence-electron chi connectivity index (χ2n) is 4.99. The maximum absolute atomic E-state index is 12.1. The topological polar surface area (TPSA) is 66.4 Å². The van der Waals surface area contributed by atoms with Crippen molar-refractivity contribution in [3.63, 3.8) is 0 Å². The number of rotatable bonds is 5. The smallest absolute Gasteiger partial charge is 0.326 e. The van der Waals surface area contributed by atoms with E-state index in [2.05, 4.69) is 5.32 Å². The summed E-state index contributed by atoms with van der Waals surface area (Å²) in [6.07, 6.45) is 4.39. The van der Waals surface area contributed by atoms with Crippen molar-refractivity contribution in [1.29, 1.82) is 0 Å². The van der Waals surface area contributed by atoms with Crippen molar-refractivity contribution >= 4 is 11.9 Å². The molecule has 1 amide bonds. The zero-order chi connectivity index (χ0) is 13.8. The predicted molar refractivity (Wildman–Crippen MR) is 72.3 cm³/mol. The number of aryl methyl sites for hydroxylation is 2. The van der Waals surface area contributed by atoms with Crippen LogP contribution >= 0.6 is 0 Å². The van der Waals surface area contributed by atoms with Crippen molar-refractivity contribution in [3.8, 4) is 0 Å². The SMILES string of the molecule is CCCC(NC(=O)c1ccc2c(c1)CCC2)C(=O)O. The largest absolute Gasteiger partial charge is 0.480 e. The quantitative estimate of drug-likeness (QED) is 0.853. The summed E-state index contributed by atoms with van der Waals surface area (Å²) in [6, 6.07) is 4.85. The third-order valence-electron chi connectivity index (χ3n) is 3.54. The van der Waals surface area contributed by atoms with Gasteiger partial charge in [0.05, 0.1) is 0 Å². The summed E-state index contributed by atoms with van der Waals surface area (Å²) < 4.78 is 0. The molecule has 4 heteroatoms. The lowest BCUT2D eigenvalue weighted by Crippen LogP contribution is -2.40. The molecule has 1 aromatic rings. The van der Waals surface area contributed by atoms with E-state index < -0.39 is 12.0 Å². The van der Waals surface area contributed by atoms with Gasteiger partial charge in [0.1, 0.15) is 6.04 Å². The number of carbonyl (C=O) groups excluding carboxylic acids is 1. The lowest BCUT2D eigenvalue weighted by molar-refractivity contribution is -0.139. The molecule has 0 aliphatic heterocycles. The monoisotopic (exact) mass is 261 g/mol. The zero-order valence-electron chi connectivity index (χ0n) is 11.1. The highest BCUT2D eigenvalue weighted by atomic mass is 16.4. The van der Waals surface area contributed by atoms with Gasteiger partial charge >= 0.3 is 5.97 Å². The lowest BCUT2D eigenvalue weighted by Gasteiger charge is -2.14. The van der Waals surface area contributed by atoms with Crippen LogP contribution in [0.25, 0.3) is 0 Å². The second-order valence-corrected chi connectivity index (χ2v) is 4.99. The van der Waals surface area contributed by atoms with Crippen LogP contribution in [0.3, 0.4) is 0 Å². The van der Waals surface area contributed by atoms with Crippen molar-refractivity contribution < 1.29 is 14.7 Å². The van der Waals surface area contributed by atoms with E-state index in [0.717, 1.165) is 25.7 Å². The number of benzene rings is 1. The second kappa shape index (κ2) is 5.87. The van der Waals surface area contributed by atoms with Crippen molar-refractivity contribution in [1.82, 2.24) is 5.32 Å². The Labute approximate surface area is 112 Å². The van der Waals surface area contributed by atoms with Gasteiger partial charge in [0.2, 0.25) is 0 Å². The number of hydrogen-bond donors (Lipinski definition) is 2. The molecule has 0 aromatic heterocycles. The molecule has 102 valence electrons. The van der Waals surface area contributed by atoms with E-state index in [4.69, 9.17) is 5.11 Å². The van der Waals surface area contributed by atoms with Crippen LogP contribution in [-0.2, 0) is 17.6 Å². The zero-order valence-corrected chi connectivity index (χ0v) is 11.1. The fourth-order valence-electron chi connectivity index (χ4n) is 2.50. The third kappa shape index (κ3) is 3.13. The molecule has 1 aliphatic rings. The fourth-order valence-corrected chi connectivity index (χ4v) is 2.50. The first-order chi connectivity index (χ1) is 9.11. The normalized spacial score (nSPS) is 14.8. The Balaban J connectivity index is 2.09. The van der Waals surface area contributed by atoms with E-state index in [1.807, 2.05) is 19.1 Å². The Kier molecular flexibility index (Phi) is 4.20. The maximum atomic E-state index is 12.1. The lowest BCUT2D eigenvalue weighted by atomic mass is 10.1. The molecule has 2 rings (SSSR count). The molecule has 1 aromatic carbocycles. The highest BCUT2D eigenvalue weighted by molar-refractivity contribution is 5.96. The summed E-state index contributed by atoms with van der Waals surface area (Å²) in [5.41, 5.74) is 3.08. The van der Waals surface area contributed by atoms with E-state index in [0.29, 0.717) is 12.0 Å². The van der Waals surface area contributed by atoms with Crippen LogP contribution < -0.4 is 5.32 Å². The number of carbonyl (C=O) groups is 2. The van der Waals surface area contributed by atoms with E-state index in [1.54, 1.807) is 6.07 Å². The number of fused-ring (bicyclic) bond motifs is 1. The first kappa shape index (κ1) is 13.6. The Morgan fingerprint density at radius 1 is 1.32 bits per heavy atom. The van der Waals surface area contributed by atoms with Crippen LogP contribution in [0.1, 0.15) is 47.7 Å². The van der Waals surface area contributed by atoms with Crippen LogP contribution in [0.15, 0.2) is 18.2 Å². The van der Waals surface area contributed by atoms with Gasteiger partial charge < -0.3 is 10.4 Å². The van der Waals surface area contributed by atoms with E-state index >= 15 is 0 Å². The molecule has 0 fully saturated rings. The summed E-state index contributed by atoms with van der Waals surface area (Å²) in [6.45, 7) is 1.90. The number of amides is 1. The van der Waals surface area contributed by atoms with Crippen molar-refractivity contribution in [2.24, 2.45) is 0 Å². The van der Waals surface area contributed by atoms with Gasteiger partial charge in [0, 0.05) is 5.56 Å². The van der Waals surface area contributed by atoms with Crippen molar-refractivity contribution in [2.75, 3.05) is 0 Å². The molecule has 0 saturated heterocycles. The third-order valence-corrected chi connectivity index (χ3v) is 3.54. The molecule has 0 heterocycles. The summed E-state index contributed by atoms with van der Waals surface area (Å²) >= 11 is 0. The number of carboxylic acids is 1. The standard InChI is InChI=1S/C15H19NO3/c1-2-4-13(15(18)19)16-14(17)12-8-7-10-5-3-6-11(10)9-12/h7-9,13H,2-6H2,1H3,(H,16,17)(H,18,19). The minimum atomic E-state index is -0.976. The Morgan fingerprint density at radius 3 is 2.74 bits per heavy atom. The minimum Gasteiger partial charge on any atom is -0.480 e. The summed E-state index contributed by atoms with van der Waals surface area (Å²) in [5.74, 6) is -1.27. The molecule has 1 atom stereocenters. The number of aliphatic carboxylic acids is 1. The minimum absolute atomic E-state index is 0.296. The molecule has 4 nitrogen and oxygen atoms in total. The number of nitrogens with one attached hydrogen (secondary N) is 1. The van der Waals surface area contributed by atoms with Gasteiger partial charge in [0.15, 0.2) is 0 Å². The van der Waals surface area contributed by atoms with Gasteiger partial charge in [-0.15, -0.1) is 0 Å². The van der Waals surface area contributed by atoms with Crippen molar-refractivity contribution in [3.05, 3.63) is 34.9 Å². The molecule has 1 aliphatic carbocycles. The van der Waals surface area contributed by atoms with E-state index in [9.17, 15) is 9.59 Å². The van der Waals surface area contributed by atoms with Crippen molar-refractivity contribution in [2.45, 2.75) is 45.1 Å². The van der Waals surface area contributed by atoms with Gasteiger partial charge in [-0.1, -0.05) is 19.4 Å². The molecular formula is C15H19NO3. The average molecular weight is 261 g/mol. The molecule has 0 radical (unpaired) electrons. The van der Waals surface area contributed by atoms with Crippen LogP contribution in [-0.4, -0.2) is 23.0 Å². The number of hydrogen-bond acceptors (Lipinski definition) is 2. The van der Waals surface area contributed by atoms with Gasteiger partial charge in [0.25, 0.3) is 5.91 Å². The summed E-state index contributed by atoms with van der Waals surface area (Å²) in [7, 11) is 0. The maximum Gasteiger partial charge on any atom is 0.326 e. The Hall–Kier alpha value is -1.84. The molecule has 0 saturated carbocycles. The van der Waals surface area contributed by atoms with Gasteiger partial charge in [-0.2, -0.15) is 0 Å². The fraction of sp³-hybridized carbons (Fsp3) is 0.467. The molecule has 2 N–H and O–H groups in total. The van der Waals surface area contributed by atoms with E-state index in [-0.39, 0.29) is 5.91 Å².